The summed E-state index contributed by atoms with van der Waals surface area (Å²) in [6.45, 7) is 4.52. The van der Waals surface area contributed by atoms with Gasteiger partial charge in [0.15, 0.2) is 0 Å². The van der Waals surface area contributed by atoms with Crippen LogP contribution in [-0.4, -0.2) is 80.3 Å². The molecule has 0 saturated carbocycles. The van der Waals surface area contributed by atoms with Gasteiger partial charge in [0, 0.05) is 44.0 Å². The van der Waals surface area contributed by atoms with Crippen molar-refractivity contribution in [3.63, 3.8) is 0 Å². The van der Waals surface area contributed by atoms with Gasteiger partial charge in [0.1, 0.15) is 0 Å². The first-order valence-electron chi connectivity index (χ1n) is 9.14. The van der Waals surface area contributed by atoms with Crippen molar-refractivity contribution >= 4 is 5.91 Å². The third-order valence-electron chi connectivity index (χ3n) is 5.26. The molecular weight excluding hydrogens is 318 g/mol. The van der Waals surface area contributed by atoms with Crippen LogP contribution in [0.25, 0.3) is 0 Å². The zero-order valence-electron chi connectivity index (χ0n) is 15.3. The lowest BCUT2D eigenvalue weighted by atomic mass is 9.73. The van der Waals surface area contributed by atoms with Gasteiger partial charge in [-0.25, -0.2) is 0 Å². The van der Waals surface area contributed by atoms with E-state index in [9.17, 15) is 4.79 Å². The number of carbonyl (C=O) groups excluding carboxylic acids is 1. The maximum atomic E-state index is 12.8. The number of nitrogens with zero attached hydrogens (tertiary/aromatic N) is 3. The molecule has 3 rings (SSSR count). The minimum Gasteiger partial charge on any atom is -0.379 e. The van der Waals surface area contributed by atoms with Crippen molar-refractivity contribution in [2.45, 2.75) is 25.4 Å². The summed E-state index contributed by atoms with van der Waals surface area (Å²) >= 11 is 0. The Morgan fingerprint density at radius 2 is 2.40 bits per heavy atom. The van der Waals surface area contributed by atoms with Crippen molar-refractivity contribution in [3.8, 4) is 0 Å². The first-order chi connectivity index (χ1) is 12.1. The van der Waals surface area contributed by atoms with Crippen LogP contribution in [0.4, 0.5) is 0 Å². The Labute approximate surface area is 150 Å². The number of rotatable bonds is 6. The number of piperidine rings is 1. The summed E-state index contributed by atoms with van der Waals surface area (Å²) < 4.78 is 12.1. The van der Waals surface area contributed by atoms with Gasteiger partial charge in [-0.1, -0.05) is 0 Å². The number of ether oxygens (including phenoxy) is 2. The van der Waals surface area contributed by atoms with Crippen LogP contribution in [0.15, 0.2) is 24.5 Å². The summed E-state index contributed by atoms with van der Waals surface area (Å²) in [6, 6.07) is 3.64. The van der Waals surface area contributed by atoms with Crippen LogP contribution in [0.2, 0.25) is 0 Å². The van der Waals surface area contributed by atoms with Crippen LogP contribution < -0.4 is 0 Å². The zero-order valence-corrected chi connectivity index (χ0v) is 15.3. The minimum atomic E-state index is -0.0827. The van der Waals surface area contributed by atoms with Gasteiger partial charge in [0.05, 0.1) is 24.9 Å². The predicted octanol–water partition coefficient (Wildman–Crippen LogP) is 1.67. The molecular formula is C19H29N3O3. The molecule has 2 atom stereocenters. The number of amides is 1. The summed E-state index contributed by atoms with van der Waals surface area (Å²) in [5.74, 6) is 0.0600. The Morgan fingerprint density at radius 3 is 3.16 bits per heavy atom. The number of hydrogen-bond acceptors (Lipinski definition) is 5. The second-order valence-corrected chi connectivity index (χ2v) is 7.44. The molecule has 1 amide bonds. The second-order valence-electron chi connectivity index (χ2n) is 7.44. The van der Waals surface area contributed by atoms with E-state index in [1.165, 1.54) is 0 Å². The molecule has 6 nitrogen and oxygen atoms in total. The van der Waals surface area contributed by atoms with Gasteiger partial charge in [-0.3, -0.25) is 9.78 Å². The Morgan fingerprint density at radius 1 is 1.52 bits per heavy atom. The molecule has 2 saturated heterocycles. The molecule has 2 aliphatic heterocycles. The Hall–Kier alpha value is -1.50. The van der Waals surface area contributed by atoms with Crippen molar-refractivity contribution in [2.75, 3.05) is 53.6 Å². The van der Waals surface area contributed by atoms with Crippen molar-refractivity contribution < 1.29 is 14.3 Å². The van der Waals surface area contributed by atoms with E-state index in [0.29, 0.717) is 25.3 Å². The van der Waals surface area contributed by atoms with Gasteiger partial charge in [0.25, 0.3) is 5.91 Å². The molecule has 0 radical (unpaired) electrons. The zero-order chi connectivity index (χ0) is 17.7. The number of aromatic nitrogens is 1. The average Bonchev–Trinajstić information content (AvgIpc) is 2.65. The highest BCUT2D eigenvalue weighted by Gasteiger charge is 2.47. The van der Waals surface area contributed by atoms with E-state index in [1.54, 1.807) is 12.4 Å². The topological polar surface area (TPSA) is 54.9 Å². The van der Waals surface area contributed by atoms with Crippen molar-refractivity contribution in [1.29, 1.82) is 0 Å². The van der Waals surface area contributed by atoms with Crippen LogP contribution in [-0.2, 0) is 9.47 Å². The lowest BCUT2D eigenvalue weighted by Gasteiger charge is -2.50. The summed E-state index contributed by atoms with van der Waals surface area (Å²) in [7, 11) is 4.09. The molecule has 138 valence electrons. The van der Waals surface area contributed by atoms with Crippen molar-refractivity contribution in [1.82, 2.24) is 14.8 Å². The molecule has 0 aromatic carbocycles. The maximum Gasteiger partial charge on any atom is 0.255 e. The monoisotopic (exact) mass is 347 g/mol. The number of pyridine rings is 1. The van der Waals surface area contributed by atoms with Gasteiger partial charge in [-0.2, -0.15) is 0 Å². The van der Waals surface area contributed by atoms with Crippen LogP contribution >= 0.6 is 0 Å². The van der Waals surface area contributed by atoms with E-state index < -0.39 is 0 Å². The molecule has 1 aromatic heterocycles. The third-order valence-corrected chi connectivity index (χ3v) is 5.26. The molecule has 2 aliphatic rings. The van der Waals surface area contributed by atoms with Gasteiger partial charge in [0.2, 0.25) is 0 Å². The van der Waals surface area contributed by atoms with E-state index in [1.807, 2.05) is 31.1 Å². The Kier molecular flexibility index (Phi) is 6.04. The summed E-state index contributed by atoms with van der Waals surface area (Å²) in [5.41, 5.74) is 0.571. The molecule has 25 heavy (non-hydrogen) atoms. The van der Waals surface area contributed by atoms with E-state index in [2.05, 4.69) is 9.88 Å². The molecule has 6 heteroatoms. The highest BCUT2D eigenvalue weighted by molar-refractivity contribution is 5.94. The highest BCUT2D eigenvalue weighted by Crippen LogP contribution is 2.40. The largest absolute Gasteiger partial charge is 0.379 e. The quantitative estimate of drug-likeness (QED) is 0.733. The van der Waals surface area contributed by atoms with Crippen LogP contribution in [0.5, 0.6) is 0 Å². The second kappa shape index (κ2) is 8.25. The van der Waals surface area contributed by atoms with Gasteiger partial charge < -0.3 is 19.3 Å². The Balaban J connectivity index is 1.67. The summed E-state index contributed by atoms with van der Waals surface area (Å²) in [5, 5.41) is 0. The van der Waals surface area contributed by atoms with Crippen molar-refractivity contribution in [3.05, 3.63) is 30.1 Å². The summed E-state index contributed by atoms with van der Waals surface area (Å²) in [6.07, 6.45) is 6.49. The van der Waals surface area contributed by atoms with Gasteiger partial charge in [-0.15, -0.1) is 0 Å². The molecule has 0 spiro atoms. The van der Waals surface area contributed by atoms with E-state index in [-0.39, 0.29) is 17.4 Å². The Bertz CT molecular complexity index is 566. The van der Waals surface area contributed by atoms with E-state index in [4.69, 9.17) is 9.47 Å². The SMILES string of the molecule is CN(C)CCOCC12CCCOC1CCN(C(=O)c1cccnc1)C2. The van der Waals surface area contributed by atoms with Crippen LogP contribution in [0, 0.1) is 5.41 Å². The maximum absolute atomic E-state index is 12.8. The fourth-order valence-electron chi connectivity index (χ4n) is 3.87. The molecule has 1 aromatic rings. The van der Waals surface area contributed by atoms with Gasteiger partial charge >= 0.3 is 0 Å². The first-order valence-corrected chi connectivity index (χ1v) is 9.14. The molecule has 0 aliphatic carbocycles. The van der Waals surface area contributed by atoms with Crippen molar-refractivity contribution in [2.24, 2.45) is 5.41 Å². The third kappa shape index (κ3) is 4.37. The number of likely N-dealkylation sites (N-methyl/N-ethyl adjacent to an activating group) is 1. The number of hydrogen-bond donors (Lipinski definition) is 0. The number of likely N-dealkylation sites (tertiary alicyclic amines) is 1. The molecule has 0 bridgehead atoms. The average molecular weight is 347 g/mol. The number of carbonyl (C=O) groups is 1. The normalized spacial score (nSPS) is 26.5. The lowest BCUT2D eigenvalue weighted by Crippen LogP contribution is -2.58. The molecule has 3 heterocycles. The van der Waals surface area contributed by atoms with Crippen LogP contribution in [0.3, 0.4) is 0 Å². The molecule has 2 fully saturated rings. The van der Waals surface area contributed by atoms with E-state index in [0.717, 1.165) is 39.0 Å². The minimum absolute atomic E-state index is 0.0600. The van der Waals surface area contributed by atoms with E-state index >= 15 is 0 Å². The fraction of sp³-hybridized carbons (Fsp3) is 0.684. The molecule has 2 unspecified atom stereocenters. The first kappa shape index (κ1) is 18.3. The van der Waals surface area contributed by atoms with Gasteiger partial charge in [-0.05, 0) is 45.5 Å². The number of fused-ring (bicyclic) bond motifs is 1. The fourth-order valence-corrected chi connectivity index (χ4v) is 3.87. The molecule has 0 N–H and O–H groups in total. The highest BCUT2D eigenvalue weighted by atomic mass is 16.5. The predicted molar refractivity (Wildman–Crippen MR) is 95.5 cm³/mol. The van der Waals surface area contributed by atoms with Crippen LogP contribution in [0.1, 0.15) is 29.6 Å². The summed E-state index contributed by atoms with van der Waals surface area (Å²) in [4.78, 5) is 21.0. The smallest absolute Gasteiger partial charge is 0.255 e. The lowest BCUT2D eigenvalue weighted by molar-refractivity contribution is -0.147. The standard InChI is InChI=1S/C19H29N3O3/c1-21(2)10-12-24-15-19-7-4-11-25-17(19)6-9-22(14-19)18(23)16-5-3-8-20-13-16/h3,5,8,13,17H,4,6-7,9-12,14-15H2,1-2H3.